The minimum Gasteiger partial charge on any atom is -0.390 e. The van der Waals surface area contributed by atoms with Crippen LogP contribution in [0.4, 0.5) is 0 Å². The smallest absolute Gasteiger partial charge is 0.0891 e. The van der Waals surface area contributed by atoms with Crippen molar-refractivity contribution in [3.05, 3.63) is 58.5 Å². The van der Waals surface area contributed by atoms with Crippen molar-refractivity contribution in [2.45, 2.75) is 26.2 Å². The van der Waals surface area contributed by atoms with Gasteiger partial charge in [0.25, 0.3) is 0 Å². The third-order valence-electron chi connectivity index (χ3n) is 4.20. The summed E-state index contributed by atoms with van der Waals surface area (Å²) in [6, 6.07) is 11.9. The number of pyridine rings is 1. The van der Waals surface area contributed by atoms with Crippen molar-refractivity contribution in [2.24, 2.45) is 0 Å². The fourth-order valence-corrected chi connectivity index (χ4v) is 3.28. The summed E-state index contributed by atoms with van der Waals surface area (Å²) in [5, 5.41) is 15.3. The molecule has 0 unspecified atom stereocenters. The maximum atomic E-state index is 9.20. The lowest BCUT2D eigenvalue weighted by Crippen LogP contribution is -2.33. The number of hydrogen-bond acceptors (Lipinski definition) is 4. The minimum atomic E-state index is -0.00920. The lowest BCUT2D eigenvalue weighted by atomic mass is 10.2. The number of rotatable bonds is 3. The second kappa shape index (κ2) is 5.92. The van der Waals surface area contributed by atoms with Crippen LogP contribution < -0.4 is 0 Å². The van der Waals surface area contributed by atoms with Gasteiger partial charge in [-0.3, -0.25) is 9.58 Å². The Morgan fingerprint density at radius 1 is 1.13 bits per heavy atom. The average molecular weight is 329 g/mol. The second-order valence-corrected chi connectivity index (χ2v) is 6.24. The fourth-order valence-electron chi connectivity index (χ4n) is 3.06. The van der Waals surface area contributed by atoms with Gasteiger partial charge < -0.3 is 5.11 Å². The molecule has 23 heavy (non-hydrogen) atoms. The van der Waals surface area contributed by atoms with Crippen LogP contribution in [0.15, 0.2) is 36.4 Å². The van der Waals surface area contributed by atoms with Gasteiger partial charge in [-0.05, 0) is 18.2 Å². The van der Waals surface area contributed by atoms with Gasteiger partial charge in [-0.25, -0.2) is 4.98 Å². The molecule has 3 heterocycles. The molecule has 6 heteroatoms. The molecule has 2 aromatic heterocycles. The highest BCUT2D eigenvalue weighted by molar-refractivity contribution is 6.35. The van der Waals surface area contributed by atoms with Crippen LogP contribution in [0.5, 0.6) is 0 Å². The normalized spacial score (nSPS) is 15.0. The molecule has 0 radical (unpaired) electrons. The number of aliphatic hydroxyl groups excluding tert-OH is 1. The molecule has 3 aromatic rings. The quantitative estimate of drug-likeness (QED) is 0.803. The molecule has 0 bridgehead atoms. The molecule has 0 aliphatic carbocycles. The first kappa shape index (κ1) is 14.6. The first-order chi connectivity index (χ1) is 11.2. The molecule has 1 N–H and O–H groups in total. The molecule has 118 valence electrons. The molecular formula is C17H17ClN4O. The van der Waals surface area contributed by atoms with Crippen molar-refractivity contribution in [1.29, 1.82) is 0 Å². The lowest BCUT2D eigenvalue weighted by Gasteiger charge is -2.27. The summed E-state index contributed by atoms with van der Waals surface area (Å²) in [7, 11) is 0. The number of halogens is 1. The summed E-state index contributed by atoms with van der Waals surface area (Å²) in [6.07, 6.45) is 0. The molecule has 1 aromatic carbocycles. The average Bonchev–Trinajstić information content (AvgIpc) is 2.98. The van der Waals surface area contributed by atoms with Gasteiger partial charge in [0.05, 0.1) is 40.8 Å². The van der Waals surface area contributed by atoms with Crippen LogP contribution in [0.2, 0.25) is 5.02 Å². The van der Waals surface area contributed by atoms with Gasteiger partial charge in [0.2, 0.25) is 0 Å². The van der Waals surface area contributed by atoms with Gasteiger partial charge >= 0.3 is 0 Å². The van der Waals surface area contributed by atoms with E-state index in [2.05, 4.69) is 22.1 Å². The van der Waals surface area contributed by atoms with Crippen LogP contribution in [0.25, 0.3) is 10.9 Å². The monoisotopic (exact) mass is 328 g/mol. The largest absolute Gasteiger partial charge is 0.390 e. The summed E-state index contributed by atoms with van der Waals surface area (Å²) in [5.74, 6) is 0. The van der Waals surface area contributed by atoms with Gasteiger partial charge in [-0.1, -0.05) is 29.8 Å². The Balaban J connectivity index is 1.55. The third-order valence-corrected chi connectivity index (χ3v) is 4.51. The van der Waals surface area contributed by atoms with Crippen molar-refractivity contribution in [2.75, 3.05) is 6.54 Å². The molecule has 1 aliphatic heterocycles. The Morgan fingerprint density at radius 3 is 2.91 bits per heavy atom. The van der Waals surface area contributed by atoms with E-state index in [0.29, 0.717) is 5.02 Å². The van der Waals surface area contributed by atoms with Crippen LogP contribution in [0, 0.1) is 0 Å². The summed E-state index contributed by atoms with van der Waals surface area (Å²) in [6.45, 7) is 3.34. The number of aliphatic hydroxyl groups is 1. The van der Waals surface area contributed by atoms with E-state index in [1.54, 1.807) is 0 Å². The number of hydrogen-bond donors (Lipinski definition) is 1. The maximum Gasteiger partial charge on any atom is 0.0891 e. The van der Waals surface area contributed by atoms with E-state index in [-0.39, 0.29) is 6.61 Å². The molecule has 0 amide bonds. The van der Waals surface area contributed by atoms with E-state index >= 15 is 0 Å². The van der Waals surface area contributed by atoms with E-state index in [9.17, 15) is 5.11 Å². The zero-order valence-corrected chi connectivity index (χ0v) is 13.4. The standard InChI is InChI=1S/C17H17ClN4O/c18-16-3-1-2-12-4-5-13(19-17(12)16)9-21-6-7-22-15(10-21)8-14(11-23)20-22/h1-5,8,23H,6-7,9-11H2. The Kier molecular flexibility index (Phi) is 3.77. The molecular weight excluding hydrogens is 312 g/mol. The van der Waals surface area contributed by atoms with Crippen LogP contribution in [-0.4, -0.2) is 31.3 Å². The number of benzene rings is 1. The van der Waals surface area contributed by atoms with Crippen molar-refractivity contribution >= 4 is 22.5 Å². The maximum absolute atomic E-state index is 9.20. The van der Waals surface area contributed by atoms with Crippen molar-refractivity contribution in [3.8, 4) is 0 Å². The highest BCUT2D eigenvalue weighted by atomic mass is 35.5. The van der Waals surface area contributed by atoms with Gasteiger partial charge in [-0.2, -0.15) is 5.10 Å². The van der Waals surface area contributed by atoms with Gasteiger partial charge in [-0.15, -0.1) is 0 Å². The third kappa shape index (κ3) is 2.83. The van der Waals surface area contributed by atoms with Crippen LogP contribution in [0.3, 0.4) is 0 Å². The summed E-state index contributed by atoms with van der Waals surface area (Å²) in [5.41, 5.74) is 3.74. The van der Waals surface area contributed by atoms with Crippen molar-refractivity contribution in [1.82, 2.24) is 19.7 Å². The number of nitrogens with zero attached hydrogens (tertiary/aromatic N) is 4. The van der Waals surface area contributed by atoms with E-state index in [1.165, 1.54) is 0 Å². The molecule has 0 saturated heterocycles. The Labute approximate surface area is 139 Å². The van der Waals surface area contributed by atoms with E-state index in [4.69, 9.17) is 16.6 Å². The van der Waals surface area contributed by atoms with Crippen molar-refractivity contribution < 1.29 is 5.11 Å². The van der Waals surface area contributed by atoms with Gasteiger partial charge in [0, 0.05) is 25.0 Å². The minimum absolute atomic E-state index is 0.00920. The topological polar surface area (TPSA) is 54.2 Å². The predicted octanol–water partition coefficient (Wildman–Crippen LogP) is 2.59. The molecule has 4 rings (SSSR count). The van der Waals surface area contributed by atoms with Crippen LogP contribution in [-0.2, 0) is 26.2 Å². The number of aromatic nitrogens is 3. The van der Waals surface area contributed by atoms with Crippen LogP contribution >= 0.6 is 11.6 Å². The van der Waals surface area contributed by atoms with E-state index < -0.39 is 0 Å². The molecule has 1 aliphatic rings. The highest BCUT2D eigenvalue weighted by Crippen LogP contribution is 2.22. The molecule has 0 spiro atoms. The lowest BCUT2D eigenvalue weighted by molar-refractivity contribution is 0.202. The summed E-state index contributed by atoms with van der Waals surface area (Å²) in [4.78, 5) is 7.05. The van der Waals surface area contributed by atoms with Crippen LogP contribution in [0.1, 0.15) is 17.1 Å². The Bertz CT molecular complexity index is 861. The zero-order chi connectivity index (χ0) is 15.8. The van der Waals surface area contributed by atoms with Crippen molar-refractivity contribution in [3.63, 3.8) is 0 Å². The van der Waals surface area contributed by atoms with Gasteiger partial charge in [0.1, 0.15) is 0 Å². The number of para-hydroxylation sites is 1. The molecule has 0 atom stereocenters. The van der Waals surface area contributed by atoms with Gasteiger partial charge in [0.15, 0.2) is 0 Å². The zero-order valence-electron chi connectivity index (χ0n) is 12.6. The Morgan fingerprint density at radius 2 is 2.04 bits per heavy atom. The van der Waals surface area contributed by atoms with E-state index in [0.717, 1.165) is 54.2 Å². The molecule has 5 nitrogen and oxygen atoms in total. The summed E-state index contributed by atoms with van der Waals surface area (Å²) < 4.78 is 1.98. The molecule has 0 saturated carbocycles. The predicted molar refractivity (Wildman–Crippen MR) is 89.0 cm³/mol. The molecule has 0 fully saturated rings. The first-order valence-corrected chi connectivity index (χ1v) is 8.04. The summed E-state index contributed by atoms with van der Waals surface area (Å²) >= 11 is 6.25. The fraction of sp³-hybridized carbons (Fsp3) is 0.294. The van der Waals surface area contributed by atoms with E-state index in [1.807, 2.05) is 28.9 Å². The number of fused-ring (bicyclic) bond motifs is 2. The Hall–Kier alpha value is -1.95. The first-order valence-electron chi connectivity index (χ1n) is 7.66. The SMILES string of the molecule is OCc1cc2n(n1)CCN(Cc1ccc3cccc(Cl)c3n1)C2. The highest BCUT2D eigenvalue weighted by Gasteiger charge is 2.18. The second-order valence-electron chi connectivity index (χ2n) is 5.83.